The molecule has 0 radical (unpaired) electrons. The van der Waals surface area contributed by atoms with Gasteiger partial charge in [-0.3, -0.25) is 0 Å². The second-order valence-corrected chi connectivity index (χ2v) is 9.82. The van der Waals surface area contributed by atoms with Crippen molar-refractivity contribution in [2.45, 2.75) is 18.1 Å². The molecule has 0 aliphatic carbocycles. The molecule has 16 nitrogen and oxygen atoms in total. The standard InChI is InChI=1S/C29H22O16/c30-12-6-16(32)13-9-22(37)29(43-21(13)7-12,11-1-2-15(31)17(33)5-11)23-14(8-20(36)25(39)26(23)40)28(42)45-44-27(41)10-3-18(34)24(38)19(35)4-10/h1-8,22,30-40H,9H2/t22-,29?/m1/s1. The van der Waals surface area contributed by atoms with Crippen LogP contribution < -0.4 is 4.74 Å². The van der Waals surface area contributed by atoms with Crippen LogP contribution in [-0.2, 0) is 21.8 Å². The summed E-state index contributed by atoms with van der Waals surface area (Å²) < 4.78 is 6.05. The van der Waals surface area contributed by atoms with E-state index in [1.54, 1.807) is 0 Å². The van der Waals surface area contributed by atoms with E-state index in [0.29, 0.717) is 18.2 Å². The van der Waals surface area contributed by atoms with Gasteiger partial charge < -0.3 is 60.9 Å². The third kappa shape index (κ3) is 4.90. The second kappa shape index (κ2) is 10.7. The van der Waals surface area contributed by atoms with Gasteiger partial charge in [-0.2, -0.15) is 0 Å². The van der Waals surface area contributed by atoms with Gasteiger partial charge in [0.2, 0.25) is 5.75 Å². The van der Waals surface area contributed by atoms with Crippen molar-refractivity contribution in [3.63, 3.8) is 0 Å². The Hall–Kier alpha value is -6.42. The number of phenolic OH excluding ortho intramolecular Hbond substituents is 10. The van der Waals surface area contributed by atoms with Crippen LogP contribution in [0.15, 0.2) is 48.5 Å². The van der Waals surface area contributed by atoms with Gasteiger partial charge in [-0.05, 0) is 30.3 Å². The van der Waals surface area contributed by atoms with Crippen molar-refractivity contribution in [1.82, 2.24) is 0 Å². The molecule has 0 bridgehead atoms. The van der Waals surface area contributed by atoms with Crippen LogP contribution >= 0.6 is 0 Å². The molecule has 234 valence electrons. The number of benzene rings is 4. The molecular formula is C29H22O16. The molecule has 11 N–H and O–H groups in total. The number of ether oxygens (including phenoxy) is 1. The number of hydrogen-bond acceptors (Lipinski definition) is 16. The van der Waals surface area contributed by atoms with Crippen LogP contribution in [-0.4, -0.2) is 74.2 Å². The second-order valence-electron chi connectivity index (χ2n) is 9.82. The molecule has 1 heterocycles. The normalized spacial score (nSPS) is 17.1. The van der Waals surface area contributed by atoms with Gasteiger partial charge >= 0.3 is 11.9 Å². The van der Waals surface area contributed by atoms with Crippen molar-refractivity contribution in [1.29, 1.82) is 0 Å². The van der Waals surface area contributed by atoms with Gasteiger partial charge in [-0.1, -0.05) is 6.07 Å². The molecule has 0 saturated carbocycles. The van der Waals surface area contributed by atoms with E-state index >= 15 is 0 Å². The topological polar surface area (TPSA) is 284 Å². The zero-order valence-corrected chi connectivity index (χ0v) is 22.4. The molecule has 0 saturated heterocycles. The molecule has 1 aliphatic heterocycles. The molecule has 0 aromatic heterocycles. The Labute approximate surface area is 250 Å². The van der Waals surface area contributed by atoms with Crippen molar-refractivity contribution in [3.8, 4) is 63.2 Å². The highest BCUT2D eigenvalue weighted by Crippen LogP contribution is 2.54. The number of fused-ring (bicyclic) bond motifs is 1. The number of aliphatic hydroxyl groups is 1. The third-order valence-corrected chi connectivity index (χ3v) is 7.06. The van der Waals surface area contributed by atoms with Crippen molar-refractivity contribution in [3.05, 3.63) is 76.3 Å². The van der Waals surface area contributed by atoms with E-state index in [2.05, 4.69) is 9.78 Å². The van der Waals surface area contributed by atoms with E-state index in [1.165, 1.54) is 0 Å². The van der Waals surface area contributed by atoms with Crippen LogP contribution in [0.3, 0.4) is 0 Å². The Morgan fingerprint density at radius 2 is 1.29 bits per heavy atom. The molecule has 45 heavy (non-hydrogen) atoms. The van der Waals surface area contributed by atoms with Crippen LogP contribution in [0.2, 0.25) is 0 Å². The minimum absolute atomic E-state index is 0.0418. The Kier molecular flexibility index (Phi) is 7.14. The maximum absolute atomic E-state index is 13.4. The summed E-state index contributed by atoms with van der Waals surface area (Å²) in [6.45, 7) is 0. The van der Waals surface area contributed by atoms with Gasteiger partial charge in [0.1, 0.15) is 23.4 Å². The highest BCUT2D eigenvalue weighted by Gasteiger charge is 2.53. The number of hydrogen-bond donors (Lipinski definition) is 11. The minimum atomic E-state index is -2.57. The van der Waals surface area contributed by atoms with E-state index in [4.69, 9.17) is 4.74 Å². The molecule has 0 fully saturated rings. The molecular weight excluding hydrogens is 604 g/mol. The zero-order valence-electron chi connectivity index (χ0n) is 22.4. The quantitative estimate of drug-likeness (QED) is 0.0876. The van der Waals surface area contributed by atoms with Crippen molar-refractivity contribution >= 4 is 11.9 Å². The molecule has 2 atom stereocenters. The number of aromatic hydroxyl groups is 10. The van der Waals surface area contributed by atoms with Crippen LogP contribution in [0.4, 0.5) is 0 Å². The largest absolute Gasteiger partial charge is 0.508 e. The summed E-state index contributed by atoms with van der Waals surface area (Å²) >= 11 is 0. The SMILES string of the molecule is O=C(OOC(=O)c1cc(O)c(O)c(O)c1C1(c2ccc(O)c(O)c2)Oc2cc(O)cc(O)c2C[C@H]1O)c1cc(O)c(O)c(O)c1. The van der Waals surface area contributed by atoms with Gasteiger partial charge in [0.25, 0.3) is 0 Å². The average Bonchev–Trinajstić information content (AvgIpc) is 2.98. The first-order chi connectivity index (χ1) is 21.1. The van der Waals surface area contributed by atoms with E-state index in [9.17, 15) is 65.8 Å². The number of carbonyl (C=O) groups is 2. The molecule has 16 heteroatoms. The molecule has 4 aromatic rings. The van der Waals surface area contributed by atoms with Crippen molar-refractivity contribution < 1.29 is 80.3 Å². The van der Waals surface area contributed by atoms with Crippen LogP contribution in [0.1, 0.15) is 37.4 Å². The van der Waals surface area contributed by atoms with Gasteiger partial charge in [0.15, 0.2) is 45.8 Å². The smallest absolute Gasteiger partial charge is 0.387 e. The van der Waals surface area contributed by atoms with Crippen LogP contribution in [0.25, 0.3) is 0 Å². The fourth-order valence-corrected chi connectivity index (χ4v) is 4.93. The van der Waals surface area contributed by atoms with Crippen LogP contribution in [0, 0.1) is 0 Å². The first-order valence-corrected chi connectivity index (χ1v) is 12.6. The average molecular weight is 626 g/mol. The first kappa shape index (κ1) is 30.1. The Balaban J connectivity index is 1.68. The fraction of sp³-hybridized carbons (Fsp3) is 0.103. The minimum Gasteiger partial charge on any atom is -0.508 e. The van der Waals surface area contributed by atoms with Crippen LogP contribution in [0.5, 0.6) is 63.2 Å². The summed E-state index contributed by atoms with van der Waals surface area (Å²) in [5.41, 5.74) is -5.26. The summed E-state index contributed by atoms with van der Waals surface area (Å²) in [7, 11) is 0. The monoisotopic (exact) mass is 626 g/mol. The predicted molar refractivity (Wildman–Crippen MR) is 144 cm³/mol. The number of aliphatic hydroxyl groups excluding tert-OH is 1. The molecule has 1 aliphatic rings. The zero-order chi connectivity index (χ0) is 33.0. The van der Waals surface area contributed by atoms with Crippen molar-refractivity contribution in [2.24, 2.45) is 0 Å². The molecule has 0 spiro atoms. The first-order valence-electron chi connectivity index (χ1n) is 12.6. The lowest BCUT2D eigenvalue weighted by Gasteiger charge is -2.44. The lowest BCUT2D eigenvalue weighted by atomic mass is 9.74. The van der Waals surface area contributed by atoms with Gasteiger partial charge in [0.05, 0.1) is 16.7 Å². The highest BCUT2D eigenvalue weighted by atomic mass is 17.2. The predicted octanol–water partition coefficient (Wildman–Crippen LogP) is 1.91. The number of phenols is 10. The number of rotatable bonds is 4. The Morgan fingerprint density at radius 1 is 0.667 bits per heavy atom. The summed E-state index contributed by atoms with van der Waals surface area (Å²) in [4.78, 5) is 34.9. The Bertz CT molecular complexity index is 1860. The van der Waals surface area contributed by atoms with Gasteiger partial charge in [-0.25, -0.2) is 19.4 Å². The number of carbonyl (C=O) groups excluding carboxylic acids is 2. The van der Waals surface area contributed by atoms with Gasteiger partial charge in [0, 0.05) is 29.7 Å². The molecule has 5 rings (SSSR count). The molecule has 1 unspecified atom stereocenters. The lowest BCUT2D eigenvalue weighted by Crippen LogP contribution is -2.50. The highest BCUT2D eigenvalue weighted by molar-refractivity contribution is 5.96. The Morgan fingerprint density at radius 3 is 1.93 bits per heavy atom. The fourth-order valence-electron chi connectivity index (χ4n) is 4.93. The molecule has 0 amide bonds. The third-order valence-electron chi connectivity index (χ3n) is 7.06. The van der Waals surface area contributed by atoms with Crippen molar-refractivity contribution in [2.75, 3.05) is 0 Å². The van der Waals surface area contributed by atoms with E-state index in [1.807, 2.05) is 0 Å². The summed E-state index contributed by atoms with van der Waals surface area (Å²) in [6, 6.07) is 6.75. The summed E-state index contributed by atoms with van der Waals surface area (Å²) in [5.74, 6) is -12.3. The lowest BCUT2D eigenvalue weighted by molar-refractivity contribution is -0.187. The molecule has 4 aromatic carbocycles. The maximum atomic E-state index is 13.4. The van der Waals surface area contributed by atoms with E-state index in [0.717, 1.165) is 30.3 Å². The summed E-state index contributed by atoms with van der Waals surface area (Å²) in [5, 5.41) is 113. The van der Waals surface area contributed by atoms with Gasteiger partial charge in [-0.15, -0.1) is 0 Å². The maximum Gasteiger partial charge on any atom is 0.387 e. The van der Waals surface area contributed by atoms with E-state index < -0.39 is 104 Å². The summed E-state index contributed by atoms with van der Waals surface area (Å²) in [6.07, 6.45) is -2.43. The van der Waals surface area contributed by atoms with E-state index in [-0.39, 0.29) is 16.9 Å².